The van der Waals surface area contributed by atoms with Crippen LogP contribution < -0.4 is 0 Å². The van der Waals surface area contributed by atoms with Crippen LogP contribution in [-0.2, 0) is 23.1 Å². The molecule has 0 radical (unpaired) electrons. The van der Waals surface area contributed by atoms with Crippen LogP contribution in [0.1, 0.15) is 11.1 Å². The standard InChI is InChI=1S/C29H25FN4O2S2/c1-37-29-32-31-28(34(29)26-16-14-25(30)15-17-26)24-12-18-27(19-13-24)38(35,36)33(20-22-8-4-2-5-9-22)21-23-10-6-3-7-11-23/h2-19H,20-21H2,1H3. The van der Waals surface area contributed by atoms with Crippen LogP contribution in [0.5, 0.6) is 0 Å². The van der Waals surface area contributed by atoms with E-state index in [1.807, 2.05) is 71.5 Å². The highest BCUT2D eigenvalue weighted by atomic mass is 32.2. The summed E-state index contributed by atoms with van der Waals surface area (Å²) < 4.78 is 44.5. The summed E-state index contributed by atoms with van der Waals surface area (Å²) in [5.74, 6) is 0.203. The van der Waals surface area contributed by atoms with Crippen molar-refractivity contribution in [3.05, 3.63) is 126 Å². The maximum absolute atomic E-state index is 13.8. The van der Waals surface area contributed by atoms with Gasteiger partial charge in [-0.1, -0.05) is 72.4 Å². The molecule has 1 heterocycles. The lowest BCUT2D eigenvalue weighted by molar-refractivity contribution is 0.401. The van der Waals surface area contributed by atoms with Crippen LogP contribution in [0, 0.1) is 5.82 Å². The number of thioether (sulfide) groups is 1. The highest BCUT2D eigenvalue weighted by Crippen LogP contribution is 2.29. The van der Waals surface area contributed by atoms with Gasteiger partial charge in [0.05, 0.1) is 4.90 Å². The molecule has 6 nitrogen and oxygen atoms in total. The van der Waals surface area contributed by atoms with E-state index in [0.717, 1.165) is 11.1 Å². The van der Waals surface area contributed by atoms with Gasteiger partial charge in [0.2, 0.25) is 10.0 Å². The summed E-state index contributed by atoms with van der Waals surface area (Å²) in [5, 5.41) is 9.23. The van der Waals surface area contributed by atoms with E-state index < -0.39 is 10.0 Å². The SMILES string of the molecule is CSc1nnc(-c2ccc(S(=O)(=O)N(Cc3ccccc3)Cc3ccccc3)cc2)n1-c1ccc(F)cc1. The second kappa shape index (κ2) is 11.3. The van der Waals surface area contributed by atoms with Crippen LogP contribution in [0.25, 0.3) is 17.1 Å². The number of hydrogen-bond donors (Lipinski definition) is 0. The summed E-state index contributed by atoms with van der Waals surface area (Å²) in [6.45, 7) is 0.492. The van der Waals surface area contributed by atoms with Gasteiger partial charge in [0.15, 0.2) is 11.0 Å². The van der Waals surface area contributed by atoms with Gasteiger partial charge in [0, 0.05) is 24.3 Å². The molecular weight excluding hydrogens is 519 g/mol. The van der Waals surface area contributed by atoms with E-state index >= 15 is 0 Å². The molecule has 0 amide bonds. The third-order valence-electron chi connectivity index (χ3n) is 6.05. The Hall–Kier alpha value is -3.79. The molecule has 0 aliphatic carbocycles. The number of rotatable bonds is 9. The summed E-state index contributed by atoms with van der Waals surface area (Å²) in [5.41, 5.74) is 3.21. The molecule has 0 fully saturated rings. The predicted octanol–water partition coefficient (Wildman–Crippen LogP) is 6.19. The highest BCUT2D eigenvalue weighted by Gasteiger charge is 2.25. The second-order valence-electron chi connectivity index (χ2n) is 8.59. The molecule has 1 aromatic heterocycles. The van der Waals surface area contributed by atoms with Gasteiger partial charge in [0.1, 0.15) is 5.82 Å². The lowest BCUT2D eigenvalue weighted by atomic mass is 10.2. The monoisotopic (exact) mass is 544 g/mol. The molecule has 9 heteroatoms. The zero-order valence-electron chi connectivity index (χ0n) is 20.6. The lowest BCUT2D eigenvalue weighted by Gasteiger charge is -2.23. The third-order valence-corrected chi connectivity index (χ3v) is 8.49. The Morgan fingerprint density at radius 2 is 1.32 bits per heavy atom. The molecule has 0 aliphatic rings. The first-order chi connectivity index (χ1) is 18.5. The first-order valence-electron chi connectivity index (χ1n) is 11.9. The zero-order chi connectivity index (χ0) is 26.5. The Labute approximate surface area is 225 Å². The van der Waals surface area contributed by atoms with Crippen molar-refractivity contribution in [3.63, 3.8) is 0 Å². The molecule has 0 N–H and O–H groups in total. The Kier molecular flexibility index (Phi) is 7.69. The molecule has 0 spiro atoms. The normalized spacial score (nSPS) is 11.7. The van der Waals surface area contributed by atoms with E-state index in [2.05, 4.69) is 10.2 Å². The van der Waals surface area contributed by atoms with E-state index in [1.165, 1.54) is 28.2 Å². The predicted molar refractivity (Wildman–Crippen MR) is 148 cm³/mol. The van der Waals surface area contributed by atoms with Gasteiger partial charge in [-0.15, -0.1) is 10.2 Å². The Balaban J connectivity index is 1.49. The first kappa shape index (κ1) is 25.8. The average Bonchev–Trinajstić information content (AvgIpc) is 3.38. The van der Waals surface area contributed by atoms with Crippen LogP contribution in [0.2, 0.25) is 0 Å². The van der Waals surface area contributed by atoms with Gasteiger partial charge in [-0.3, -0.25) is 4.57 Å². The van der Waals surface area contributed by atoms with Gasteiger partial charge >= 0.3 is 0 Å². The molecule has 192 valence electrons. The van der Waals surface area contributed by atoms with Crippen molar-refractivity contribution < 1.29 is 12.8 Å². The Bertz CT molecular complexity index is 1570. The van der Waals surface area contributed by atoms with Crippen LogP contribution in [0.4, 0.5) is 4.39 Å². The topological polar surface area (TPSA) is 68.1 Å². The number of hydrogen-bond acceptors (Lipinski definition) is 5. The fraction of sp³-hybridized carbons (Fsp3) is 0.103. The largest absolute Gasteiger partial charge is 0.270 e. The Morgan fingerprint density at radius 3 is 1.84 bits per heavy atom. The van der Waals surface area contributed by atoms with Crippen molar-refractivity contribution in [2.24, 2.45) is 0 Å². The fourth-order valence-electron chi connectivity index (χ4n) is 4.14. The van der Waals surface area contributed by atoms with Crippen LogP contribution in [-0.4, -0.2) is 33.7 Å². The molecule has 0 aliphatic heterocycles. The molecule has 0 saturated carbocycles. The van der Waals surface area contributed by atoms with Crippen molar-refractivity contribution >= 4 is 21.8 Å². The minimum Gasteiger partial charge on any atom is -0.270 e. The molecule has 5 rings (SSSR count). The number of halogens is 1. The third kappa shape index (κ3) is 5.55. The van der Waals surface area contributed by atoms with Crippen LogP contribution in [0.3, 0.4) is 0 Å². The number of nitrogens with zero attached hydrogens (tertiary/aromatic N) is 4. The lowest BCUT2D eigenvalue weighted by Crippen LogP contribution is -2.30. The van der Waals surface area contributed by atoms with Gasteiger partial charge in [-0.2, -0.15) is 4.31 Å². The molecule has 0 bridgehead atoms. The zero-order valence-corrected chi connectivity index (χ0v) is 22.2. The van der Waals surface area contributed by atoms with Gasteiger partial charge < -0.3 is 0 Å². The van der Waals surface area contributed by atoms with Gasteiger partial charge in [-0.05, 0) is 65.9 Å². The minimum absolute atomic E-state index is 0.186. The molecular formula is C29H25FN4O2S2. The van der Waals surface area contributed by atoms with Gasteiger partial charge in [-0.25, -0.2) is 12.8 Å². The van der Waals surface area contributed by atoms with E-state index in [-0.39, 0.29) is 23.8 Å². The number of aromatic nitrogens is 3. The molecule has 38 heavy (non-hydrogen) atoms. The number of sulfonamides is 1. The summed E-state index contributed by atoms with van der Waals surface area (Å²) in [6, 6.07) is 31.8. The molecule has 5 aromatic rings. The van der Waals surface area contributed by atoms with Crippen molar-refractivity contribution in [2.75, 3.05) is 6.26 Å². The molecule has 4 aromatic carbocycles. The molecule has 0 unspecified atom stereocenters. The van der Waals surface area contributed by atoms with Gasteiger partial charge in [0.25, 0.3) is 0 Å². The van der Waals surface area contributed by atoms with E-state index in [9.17, 15) is 12.8 Å². The quantitative estimate of drug-likeness (QED) is 0.207. The van der Waals surface area contributed by atoms with E-state index in [1.54, 1.807) is 36.4 Å². The minimum atomic E-state index is -3.82. The highest BCUT2D eigenvalue weighted by molar-refractivity contribution is 7.98. The van der Waals surface area contributed by atoms with Crippen molar-refractivity contribution in [3.8, 4) is 17.1 Å². The van der Waals surface area contributed by atoms with Crippen LogP contribution >= 0.6 is 11.8 Å². The van der Waals surface area contributed by atoms with Crippen molar-refractivity contribution in [1.29, 1.82) is 0 Å². The molecule has 0 atom stereocenters. The summed E-state index contributed by atoms with van der Waals surface area (Å²) in [7, 11) is -3.82. The summed E-state index contributed by atoms with van der Waals surface area (Å²) in [6.07, 6.45) is 1.89. The summed E-state index contributed by atoms with van der Waals surface area (Å²) >= 11 is 1.42. The van der Waals surface area contributed by atoms with E-state index in [0.29, 0.717) is 22.2 Å². The van der Waals surface area contributed by atoms with Crippen molar-refractivity contribution in [1.82, 2.24) is 19.1 Å². The first-order valence-corrected chi connectivity index (χ1v) is 14.6. The maximum Gasteiger partial charge on any atom is 0.243 e. The molecule has 0 saturated heterocycles. The summed E-state index contributed by atoms with van der Waals surface area (Å²) in [4.78, 5) is 0.186. The van der Waals surface area contributed by atoms with Crippen molar-refractivity contribution in [2.45, 2.75) is 23.1 Å². The fourth-order valence-corrected chi connectivity index (χ4v) is 6.05. The Morgan fingerprint density at radius 1 is 0.763 bits per heavy atom. The number of benzene rings is 4. The van der Waals surface area contributed by atoms with E-state index in [4.69, 9.17) is 0 Å². The second-order valence-corrected chi connectivity index (χ2v) is 11.3. The maximum atomic E-state index is 13.8. The van der Waals surface area contributed by atoms with Crippen LogP contribution in [0.15, 0.2) is 119 Å². The smallest absolute Gasteiger partial charge is 0.243 e. The average molecular weight is 545 g/mol.